The fourth-order valence-corrected chi connectivity index (χ4v) is 2.52. The van der Waals surface area contributed by atoms with Crippen LogP contribution >= 0.6 is 12.2 Å². The number of carbonyl (C=O) groups is 1. The van der Waals surface area contributed by atoms with E-state index in [9.17, 15) is 4.79 Å². The van der Waals surface area contributed by atoms with E-state index in [0.29, 0.717) is 28.3 Å². The van der Waals surface area contributed by atoms with Crippen LogP contribution in [0.3, 0.4) is 0 Å². The fourth-order valence-electron chi connectivity index (χ4n) is 2.40. The Morgan fingerprint density at radius 2 is 1.95 bits per heavy atom. The second kappa shape index (κ2) is 5.85. The van der Waals surface area contributed by atoms with Crippen LogP contribution in [0.25, 0.3) is 0 Å². The lowest BCUT2D eigenvalue weighted by Crippen LogP contribution is -2.56. The van der Waals surface area contributed by atoms with Gasteiger partial charge in [-0.2, -0.15) is 0 Å². The molecule has 1 aromatic rings. The Kier molecular flexibility index (Phi) is 4.35. The van der Waals surface area contributed by atoms with Crippen molar-refractivity contribution in [1.29, 1.82) is 0 Å². The van der Waals surface area contributed by atoms with Crippen molar-refractivity contribution < 1.29 is 4.79 Å². The maximum atomic E-state index is 12.5. The summed E-state index contributed by atoms with van der Waals surface area (Å²) in [6.45, 7) is 5.69. The topological polar surface area (TPSA) is 62.5 Å². The molecule has 2 atom stereocenters. The Hall–Kier alpha value is -1.53. The third-order valence-electron chi connectivity index (χ3n) is 3.91. The van der Waals surface area contributed by atoms with Crippen LogP contribution in [0, 0.1) is 0 Å². The number of rotatable bonds is 2. The maximum Gasteiger partial charge on any atom is 0.272 e. The normalized spacial score (nSPS) is 23.6. The molecule has 1 aliphatic rings. The van der Waals surface area contributed by atoms with E-state index in [0.717, 1.165) is 13.1 Å². The van der Waals surface area contributed by atoms with Crippen molar-refractivity contribution in [2.24, 2.45) is 5.73 Å². The van der Waals surface area contributed by atoms with Crippen molar-refractivity contribution in [2.75, 3.05) is 20.1 Å². The number of aromatic nitrogens is 1. The Balaban J connectivity index is 2.13. The zero-order valence-corrected chi connectivity index (χ0v) is 12.9. The minimum Gasteiger partial charge on any atom is -0.389 e. The predicted molar refractivity (Wildman–Crippen MR) is 82.7 cm³/mol. The quantitative estimate of drug-likeness (QED) is 0.820. The Bertz CT molecular complexity index is 504. The van der Waals surface area contributed by atoms with Crippen molar-refractivity contribution in [3.05, 3.63) is 29.6 Å². The van der Waals surface area contributed by atoms with E-state index >= 15 is 0 Å². The SMILES string of the molecule is CC1CN(C(=O)c2ccc(C(N)=S)cn2)CC(C)N1C. The van der Waals surface area contributed by atoms with Gasteiger partial charge in [-0.15, -0.1) is 0 Å². The molecule has 2 unspecified atom stereocenters. The minimum absolute atomic E-state index is 0.0358. The van der Waals surface area contributed by atoms with Crippen molar-refractivity contribution in [1.82, 2.24) is 14.8 Å². The molecule has 1 aliphatic heterocycles. The first-order valence-electron chi connectivity index (χ1n) is 6.67. The zero-order valence-electron chi connectivity index (χ0n) is 12.0. The fraction of sp³-hybridized carbons (Fsp3) is 0.500. The monoisotopic (exact) mass is 292 g/mol. The van der Waals surface area contributed by atoms with Crippen molar-refractivity contribution in [3.63, 3.8) is 0 Å². The molecule has 2 N–H and O–H groups in total. The molecular weight excluding hydrogens is 272 g/mol. The van der Waals surface area contributed by atoms with Gasteiger partial charge in [-0.25, -0.2) is 0 Å². The molecule has 0 bridgehead atoms. The number of piperazine rings is 1. The molecule has 20 heavy (non-hydrogen) atoms. The van der Waals surface area contributed by atoms with Crippen LogP contribution in [0.4, 0.5) is 0 Å². The summed E-state index contributed by atoms with van der Waals surface area (Å²) in [5.41, 5.74) is 6.64. The van der Waals surface area contributed by atoms with E-state index in [2.05, 4.69) is 30.8 Å². The molecule has 1 saturated heterocycles. The molecule has 0 aromatic carbocycles. The molecule has 0 aliphatic carbocycles. The first-order chi connectivity index (χ1) is 9.40. The van der Waals surface area contributed by atoms with Gasteiger partial charge in [-0.3, -0.25) is 14.7 Å². The second-order valence-electron chi connectivity index (χ2n) is 5.37. The Morgan fingerprint density at radius 1 is 1.35 bits per heavy atom. The molecule has 1 amide bonds. The molecule has 0 saturated carbocycles. The van der Waals surface area contributed by atoms with Gasteiger partial charge in [0.25, 0.3) is 5.91 Å². The number of nitrogens with two attached hydrogens (primary N) is 1. The van der Waals surface area contributed by atoms with E-state index < -0.39 is 0 Å². The number of hydrogen-bond acceptors (Lipinski definition) is 4. The summed E-state index contributed by atoms with van der Waals surface area (Å²) in [6, 6.07) is 4.12. The first kappa shape index (κ1) is 14.9. The highest BCUT2D eigenvalue weighted by Gasteiger charge is 2.30. The van der Waals surface area contributed by atoms with Crippen molar-refractivity contribution in [3.8, 4) is 0 Å². The molecule has 6 heteroatoms. The highest BCUT2D eigenvalue weighted by Crippen LogP contribution is 2.15. The van der Waals surface area contributed by atoms with Gasteiger partial charge in [0, 0.05) is 36.9 Å². The summed E-state index contributed by atoms with van der Waals surface area (Å²) in [4.78, 5) is 21.1. The van der Waals surface area contributed by atoms with Crippen LogP contribution < -0.4 is 5.73 Å². The number of hydrogen-bond donors (Lipinski definition) is 1. The summed E-state index contributed by atoms with van der Waals surface area (Å²) in [7, 11) is 2.09. The van der Waals surface area contributed by atoms with Crippen LogP contribution in [0.15, 0.2) is 18.3 Å². The molecule has 2 heterocycles. The van der Waals surface area contributed by atoms with E-state index in [1.807, 2.05) is 4.90 Å². The highest BCUT2D eigenvalue weighted by molar-refractivity contribution is 7.80. The van der Waals surface area contributed by atoms with E-state index in [4.69, 9.17) is 18.0 Å². The van der Waals surface area contributed by atoms with Gasteiger partial charge in [0.15, 0.2) is 0 Å². The lowest BCUT2D eigenvalue weighted by molar-refractivity contribution is 0.0409. The van der Waals surface area contributed by atoms with E-state index in [1.54, 1.807) is 18.3 Å². The van der Waals surface area contributed by atoms with Crippen LogP contribution in [-0.4, -0.2) is 57.9 Å². The van der Waals surface area contributed by atoms with E-state index in [1.165, 1.54) is 0 Å². The molecule has 2 rings (SSSR count). The molecular formula is C14H20N4OS. The summed E-state index contributed by atoms with van der Waals surface area (Å²) >= 11 is 4.88. The Morgan fingerprint density at radius 3 is 2.40 bits per heavy atom. The largest absolute Gasteiger partial charge is 0.389 e. The number of likely N-dealkylation sites (N-methyl/N-ethyl adjacent to an activating group) is 1. The minimum atomic E-state index is -0.0358. The first-order valence-corrected chi connectivity index (χ1v) is 7.08. The van der Waals surface area contributed by atoms with Crippen LogP contribution in [-0.2, 0) is 0 Å². The third kappa shape index (κ3) is 2.96. The van der Waals surface area contributed by atoms with Gasteiger partial charge >= 0.3 is 0 Å². The van der Waals surface area contributed by atoms with Gasteiger partial charge in [-0.05, 0) is 33.0 Å². The Labute approximate surface area is 124 Å². The van der Waals surface area contributed by atoms with Gasteiger partial charge in [0.1, 0.15) is 10.7 Å². The number of pyridine rings is 1. The van der Waals surface area contributed by atoms with E-state index in [-0.39, 0.29) is 5.91 Å². The third-order valence-corrected chi connectivity index (χ3v) is 4.15. The smallest absolute Gasteiger partial charge is 0.272 e. The van der Waals surface area contributed by atoms with Gasteiger partial charge in [-0.1, -0.05) is 12.2 Å². The lowest BCUT2D eigenvalue weighted by atomic mass is 10.1. The lowest BCUT2D eigenvalue weighted by Gasteiger charge is -2.42. The van der Waals surface area contributed by atoms with Crippen LogP contribution in [0.2, 0.25) is 0 Å². The zero-order chi connectivity index (χ0) is 14.9. The van der Waals surface area contributed by atoms with Crippen molar-refractivity contribution >= 4 is 23.1 Å². The molecule has 1 aromatic heterocycles. The summed E-state index contributed by atoms with van der Waals surface area (Å²) < 4.78 is 0. The number of amides is 1. The average molecular weight is 292 g/mol. The highest BCUT2D eigenvalue weighted by atomic mass is 32.1. The molecule has 5 nitrogen and oxygen atoms in total. The summed E-state index contributed by atoms with van der Waals surface area (Å²) in [6.07, 6.45) is 1.55. The van der Waals surface area contributed by atoms with Gasteiger partial charge in [0.05, 0.1) is 0 Å². The summed E-state index contributed by atoms with van der Waals surface area (Å²) in [5, 5.41) is 0. The predicted octanol–water partition coefficient (Wildman–Crippen LogP) is 0.880. The summed E-state index contributed by atoms with van der Waals surface area (Å²) in [5.74, 6) is -0.0358. The maximum absolute atomic E-state index is 12.5. The standard InChI is InChI=1S/C14H20N4OS/c1-9-7-18(8-10(2)17(9)3)14(19)12-5-4-11(6-16-12)13(15)20/h4-6,9-10H,7-8H2,1-3H3,(H2,15,20). The number of thiocarbonyl (C=S) groups is 1. The van der Waals surface area contributed by atoms with Gasteiger partial charge < -0.3 is 10.6 Å². The van der Waals surface area contributed by atoms with Crippen molar-refractivity contribution in [2.45, 2.75) is 25.9 Å². The van der Waals surface area contributed by atoms with Crippen LogP contribution in [0.1, 0.15) is 29.9 Å². The molecule has 108 valence electrons. The number of nitrogens with zero attached hydrogens (tertiary/aromatic N) is 3. The molecule has 0 radical (unpaired) electrons. The second-order valence-corrected chi connectivity index (χ2v) is 5.81. The van der Waals surface area contributed by atoms with Gasteiger partial charge in [0.2, 0.25) is 0 Å². The molecule has 1 fully saturated rings. The van der Waals surface area contributed by atoms with Crippen LogP contribution in [0.5, 0.6) is 0 Å². The molecule has 0 spiro atoms. The average Bonchev–Trinajstić information content (AvgIpc) is 2.43. The number of carbonyl (C=O) groups excluding carboxylic acids is 1.